The van der Waals surface area contributed by atoms with Crippen LogP contribution in [0.15, 0.2) is 18.2 Å². The van der Waals surface area contributed by atoms with Gasteiger partial charge in [0.2, 0.25) is 0 Å². The molecule has 0 saturated carbocycles. The molecule has 0 unspecified atom stereocenters. The van der Waals surface area contributed by atoms with Crippen LogP contribution in [0.5, 0.6) is 5.75 Å². The van der Waals surface area contributed by atoms with Gasteiger partial charge in [-0.15, -0.1) is 0 Å². The van der Waals surface area contributed by atoms with E-state index >= 15 is 0 Å². The molecule has 1 fully saturated rings. The first-order valence-corrected chi connectivity index (χ1v) is 11.2. The van der Waals surface area contributed by atoms with Crippen LogP contribution in [0.2, 0.25) is 0 Å². The summed E-state index contributed by atoms with van der Waals surface area (Å²) in [4.78, 5) is 33.4. The Morgan fingerprint density at radius 1 is 1.06 bits per heavy atom. The van der Waals surface area contributed by atoms with E-state index < -0.39 is 34.9 Å². The van der Waals surface area contributed by atoms with E-state index in [0.29, 0.717) is 0 Å². The molecule has 1 aromatic carbocycles. The second-order valence-electron chi connectivity index (χ2n) is 10.8. The van der Waals surface area contributed by atoms with E-state index in [1.807, 2.05) is 32.1 Å². The number of carbonyl (C=O) groups excluding carboxylic acids is 2. The fourth-order valence-electron chi connectivity index (χ4n) is 4.22. The summed E-state index contributed by atoms with van der Waals surface area (Å²) in [5.74, 6) is 0.363. The predicted octanol–water partition coefficient (Wildman–Crippen LogP) is 4.28. The molecule has 1 N–H and O–H groups in total. The third-order valence-corrected chi connectivity index (χ3v) is 5.41. The first kappa shape index (κ1) is 24.9. The molecule has 0 aliphatic carbocycles. The zero-order valence-corrected chi connectivity index (χ0v) is 21.1. The zero-order chi connectivity index (χ0) is 24.8. The second kappa shape index (κ2) is 8.56. The van der Waals surface area contributed by atoms with Crippen LogP contribution >= 0.6 is 0 Å². The molecule has 33 heavy (non-hydrogen) atoms. The summed E-state index contributed by atoms with van der Waals surface area (Å²) in [5.41, 5.74) is 4.47. The molecule has 2 aliphatic heterocycles. The minimum atomic E-state index is -0.879. The van der Waals surface area contributed by atoms with Crippen LogP contribution < -0.4 is 10.2 Å². The number of nitrogens with one attached hydrogen (secondary N) is 1. The molecular weight excluding hydrogens is 424 g/mol. The molecular formula is C25H36N2O6. The highest BCUT2D eigenvalue weighted by Crippen LogP contribution is 2.39. The Balaban J connectivity index is 1.92. The van der Waals surface area contributed by atoms with Crippen molar-refractivity contribution in [2.45, 2.75) is 84.7 Å². The summed E-state index contributed by atoms with van der Waals surface area (Å²) >= 11 is 0. The number of methoxy groups -OCH3 is 1. The lowest BCUT2D eigenvalue weighted by molar-refractivity contribution is -0.160. The number of amides is 1. The van der Waals surface area contributed by atoms with Crippen LogP contribution in [0.4, 0.5) is 4.79 Å². The van der Waals surface area contributed by atoms with E-state index in [1.54, 1.807) is 48.7 Å². The van der Waals surface area contributed by atoms with E-state index in [-0.39, 0.29) is 13.0 Å². The first-order chi connectivity index (χ1) is 15.1. The fraction of sp³-hybridized carbons (Fsp3) is 0.600. The number of hydrogen-bond acceptors (Lipinski definition) is 7. The number of esters is 1. The van der Waals surface area contributed by atoms with Crippen molar-refractivity contribution in [3.8, 4) is 5.75 Å². The molecule has 8 heteroatoms. The number of carbonyl (C=O) groups is 2. The summed E-state index contributed by atoms with van der Waals surface area (Å²) < 4.78 is 16.6. The lowest BCUT2D eigenvalue weighted by Gasteiger charge is -2.29. The Kier molecular flexibility index (Phi) is 6.45. The highest BCUT2D eigenvalue weighted by molar-refractivity contribution is 5.83. The maximum Gasteiger partial charge on any atom is 0.411 e. The summed E-state index contributed by atoms with van der Waals surface area (Å²) in [5, 5.41) is 0. The number of rotatable bonds is 3. The fourth-order valence-corrected chi connectivity index (χ4v) is 4.22. The van der Waals surface area contributed by atoms with Gasteiger partial charge in [0, 0.05) is 12.0 Å². The largest absolute Gasteiger partial charge is 0.496 e. The van der Waals surface area contributed by atoms with Crippen LogP contribution in [0.1, 0.15) is 64.7 Å². The van der Waals surface area contributed by atoms with Crippen molar-refractivity contribution in [3.05, 3.63) is 34.9 Å². The van der Waals surface area contributed by atoms with Crippen LogP contribution in [-0.4, -0.2) is 53.5 Å². The third kappa shape index (κ3) is 5.61. The van der Waals surface area contributed by atoms with Gasteiger partial charge >= 0.3 is 12.1 Å². The topological polar surface area (TPSA) is 86.3 Å². The van der Waals surface area contributed by atoms with Gasteiger partial charge in [-0.05, 0) is 84.7 Å². The SMILES string of the molecule is COc1c(C)cc(C2=C[C@]3(C[C@@H](C(=O)OC(C)(C)C)N(C(=O)OC(C)(C)C)C3)ON2)cc1C. The number of benzene rings is 1. The van der Waals surface area contributed by atoms with Gasteiger partial charge in [0.25, 0.3) is 0 Å². The summed E-state index contributed by atoms with van der Waals surface area (Å²) in [6.45, 7) is 14.9. The van der Waals surface area contributed by atoms with Crippen molar-refractivity contribution in [2.75, 3.05) is 13.7 Å². The zero-order valence-electron chi connectivity index (χ0n) is 21.1. The Bertz CT molecular complexity index is 911. The number of hydroxylamine groups is 1. The van der Waals surface area contributed by atoms with Gasteiger partial charge < -0.3 is 14.2 Å². The van der Waals surface area contributed by atoms with Gasteiger partial charge in [-0.25, -0.2) is 9.59 Å². The van der Waals surface area contributed by atoms with Gasteiger partial charge in [0.05, 0.1) is 19.4 Å². The molecule has 3 rings (SSSR count). The first-order valence-electron chi connectivity index (χ1n) is 11.2. The molecule has 0 aromatic heterocycles. The van der Waals surface area contributed by atoms with Crippen molar-refractivity contribution < 1.29 is 28.6 Å². The highest BCUT2D eigenvalue weighted by atomic mass is 16.7. The van der Waals surface area contributed by atoms with Crippen molar-refractivity contribution in [1.82, 2.24) is 10.4 Å². The van der Waals surface area contributed by atoms with Gasteiger partial charge in [-0.3, -0.25) is 15.2 Å². The van der Waals surface area contributed by atoms with Gasteiger partial charge in [-0.2, -0.15) is 0 Å². The Morgan fingerprint density at radius 3 is 2.15 bits per heavy atom. The predicted molar refractivity (Wildman–Crippen MR) is 125 cm³/mol. The third-order valence-electron chi connectivity index (χ3n) is 5.41. The summed E-state index contributed by atoms with van der Waals surface area (Å²) in [6.07, 6.45) is 1.62. The quantitative estimate of drug-likeness (QED) is 0.674. The summed E-state index contributed by atoms with van der Waals surface area (Å²) in [6, 6.07) is 3.20. The average Bonchev–Trinajstić information content (AvgIpc) is 3.23. The van der Waals surface area contributed by atoms with Crippen LogP contribution in [0.3, 0.4) is 0 Å². The van der Waals surface area contributed by atoms with E-state index in [9.17, 15) is 9.59 Å². The molecule has 1 spiro atoms. The van der Waals surface area contributed by atoms with Crippen molar-refractivity contribution in [2.24, 2.45) is 0 Å². The minimum Gasteiger partial charge on any atom is -0.496 e. The maximum atomic E-state index is 13.0. The van der Waals surface area contributed by atoms with E-state index in [1.165, 1.54) is 4.90 Å². The minimum absolute atomic E-state index is 0.163. The molecule has 2 aliphatic rings. The number of ether oxygens (including phenoxy) is 3. The van der Waals surface area contributed by atoms with Gasteiger partial charge in [-0.1, -0.05) is 0 Å². The molecule has 1 aromatic rings. The Labute approximate surface area is 196 Å². The number of hydrogen-bond donors (Lipinski definition) is 1. The smallest absolute Gasteiger partial charge is 0.411 e. The van der Waals surface area contributed by atoms with Crippen molar-refractivity contribution in [3.63, 3.8) is 0 Å². The Hall–Kier alpha value is -2.74. The molecule has 8 nitrogen and oxygen atoms in total. The van der Waals surface area contributed by atoms with Crippen LogP contribution in [0, 0.1) is 13.8 Å². The normalized spacial score (nSPS) is 22.8. The van der Waals surface area contributed by atoms with Crippen molar-refractivity contribution in [1.29, 1.82) is 0 Å². The van der Waals surface area contributed by atoms with E-state index in [4.69, 9.17) is 19.0 Å². The lowest BCUT2D eigenvalue weighted by Crippen LogP contribution is -2.46. The van der Waals surface area contributed by atoms with E-state index in [2.05, 4.69) is 5.48 Å². The maximum absolute atomic E-state index is 13.0. The second-order valence-corrected chi connectivity index (χ2v) is 10.8. The molecule has 2 heterocycles. The summed E-state index contributed by atoms with van der Waals surface area (Å²) in [7, 11) is 1.65. The van der Waals surface area contributed by atoms with E-state index in [0.717, 1.165) is 28.1 Å². The lowest BCUT2D eigenvalue weighted by atomic mass is 9.96. The highest BCUT2D eigenvalue weighted by Gasteiger charge is 2.53. The molecule has 1 saturated heterocycles. The van der Waals surface area contributed by atoms with Gasteiger partial charge in [0.1, 0.15) is 28.6 Å². The number of likely N-dealkylation sites (tertiary alicyclic amines) is 1. The average molecular weight is 461 g/mol. The Morgan fingerprint density at radius 2 is 1.64 bits per heavy atom. The molecule has 182 valence electrons. The molecule has 2 atom stereocenters. The molecule has 0 bridgehead atoms. The van der Waals surface area contributed by atoms with Crippen LogP contribution in [0.25, 0.3) is 5.70 Å². The van der Waals surface area contributed by atoms with Crippen LogP contribution in [-0.2, 0) is 19.1 Å². The number of aryl methyl sites for hydroxylation is 2. The standard InChI is InChI=1S/C25H36N2O6/c1-15-10-17(11-16(2)20(15)30-9)18-12-25(33-26-18)13-19(21(28)31-23(3,4)5)27(14-25)22(29)32-24(6,7)8/h10-12,19,26H,13-14H2,1-9H3/t19-,25+/m0/s1. The molecule has 0 radical (unpaired) electrons. The monoisotopic (exact) mass is 460 g/mol. The van der Waals surface area contributed by atoms with Gasteiger partial charge in [0.15, 0.2) is 0 Å². The van der Waals surface area contributed by atoms with Crippen molar-refractivity contribution >= 4 is 17.8 Å². The number of nitrogens with zero attached hydrogens (tertiary/aromatic N) is 1. The molecule has 1 amide bonds.